The minimum absolute atomic E-state index is 0.0834. The quantitative estimate of drug-likeness (QED) is 0.853. The third-order valence-corrected chi connectivity index (χ3v) is 2.72. The predicted molar refractivity (Wildman–Crippen MR) is 84.9 cm³/mol. The van der Waals surface area contributed by atoms with E-state index < -0.39 is 11.8 Å². The average molecular weight is 298 g/mol. The van der Waals surface area contributed by atoms with Gasteiger partial charge in [0.1, 0.15) is 11.5 Å². The fraction of sp³-hybridized carbons (Fsp3) is 0.176. The zero-order valence-electron chi connectivity index (χ0n) is 12.5. The second-order valence-corrected chi connectivity index (χ2v) is 5.02. The summed E-state index contributed by atoms with van der Waals surface area (Å²) in [6.07, 6.45) is 0. The number of nitrogens with one attached hydrogen (secondary N) is 2. The van der Waals surface area contributed by atoms with E-state index in [9.17, 15) is 9.59 Å². The highest BCUT2D eigenvalue weighted by Crippen LogP contribution is 2.22. The number of carbonyl (C=O) groups is 2. The van der Waals surface area contributed by atoms with Crippen LogP contribution in [0.3, 0.4) is 0 Å². The van der Waals surface area contributed by atoms with Crippen LogP contribution in [0.4, 0.5) is 5.69 Å². The predicted octanol–water partition coefficient (Wildman–Crippen LogP) is 2.94. The van der Waals surface area contributed by atoms with Gasteiger partial charge in [-0.25, -0.2) is 0 Å². The molecule has 0 unspecified atom stereocenters. The number of carbonyl (C=O) groups excluding carboxylic acids is 2. The molecule has 0 aliphatic heterocycles. The van der Waals surface area contributed by atoms with Gasteiger partial charge in [-0.05, 0) is 50.2 Å². The van der Waals surface area contributed by atoms with Crippen molar-refractivity contribution in [1.82, 2.24) is 5.32 Å². The van der Waals surface area contributed by atoms with Gasteiger partial charge in [-0.1, -0.05) is 18.2 Å². The lowest BCUT2D eigenvalue weighted by Gasteiger charge is -2.09. The molecule has 0 radical (unpaired) electrons. The number of benzene rings is 2. The monoisotopic (exact) mass is 298 g/mol. The van der Waals surface area contributed by atoms with Crippen LogP contribution in [0, 0.1) is 0 Å². The highest BCUT2D eigenvalue weighted by atomic mass is 16.5. The van der Waals surface area contributed by atoms with Crippen molar-refractivity contribution in [3.8, 4) is 11.5 Å². The third-order valence-electron chi connectivity index (χ3n) is 2.72. The van der Waals surface area contributed by atoms with E-state index in [-0.39, 0.29) is 6.04 Å². The molecule has 0 aliphatic carbocycles. The van der Waals surface area contributed by atoms with Gasteiger partial charge in [-0.15, -0.1) is 0 Å². The first-order valence-corrected chi connectivity index (χ1v) is 6.99. The molecule has 0 bridgehead atoms. The Morgan fingerprint density at radius 1 is 0.864 bits per heavy atom. The molecular formula is C17H18N2O3. The van der Waals surface area contributed by atoms with Crippen molar-refractivity contribution in [3.05, 3.63) is 54.6 Å². The van der Waals surface area contributed by atoms with Crippen LogP contribution in [-0.2, 0) is 9.59 Å². The van der Waals surface area contributed by atoms with Crippen LogP contribution >= 0.6 is 0 Å². The number of rotatable bonds is 4. The number of amides is 2. The Morgan fingerprint density at radius 2 is 1.45 bits per heavy atom. The molecule has 5 nitrogen and oxygen atoms in total. The molecule has 22 heavy (non-hydrogen) atoms. The van der Waals surface area contributed by atoms with Crippen LogP contribution < -0.4 is 15.4 Å². The van der Waals surface area contributed by atoms with E-state index in [1.807, 2.05) is 30.3 Å². The van der Waals surface area contributed by atoms with Crippen LogP contribution in [0.5, 0.6) is 11.5 Å². The van der Waals surface area contributed by atoms with Gasteiger partial charge in [-0.2, -0.15) is 0 Å². The SMILES string of the molecule is CC(C)NC(=O)C(=O)Nc1ccc(Oc2ccccc2)cc1. The third kappa shape index (κ3) is 4.63. The summed E-state index contributed by atoms with van der Waals surface area (Å²) in [4.78, 5) is 23.2. The molecule has 0 aliphatic rings. The standard InChI is InChI=1S/C17H18N2O3/c1-12(2)18-16(20)17(21)19-13-8-10-15(11-9-13)22-14-6-4-3-5-7-14/h3-12H,1-2H3,(H,18,20)(H,19,21). The summed E-state index contributed by atoms with van der Waals surface area (Å²) in [5.74, 6) is 0.0384. The van der Waals surface area contributed by atoms with E-state index in [1.165, 1.54) is 0 Å². The van der Waals surface area contributed by atoms with E-state index in [4.69, 9.17) is 4.74 Å². The maximum atomic E-state index is 11.7. The smallest absolute Gasteiger partial charge is 0.313 e. The summed E-state index contributed by atoms with van der Waals surface area (Å²) in [6.45, 7) is 3.59. The fourth-order valence-electron chi connectivity index (χ4n) is 1.75. The summed E-state index contributed by atoms with van der Waals surface area (Å²) >= 11 is 0. The number of para-hydroxylation sites is 1. The second-order valence-electron chi connectivity index (χ2n) is 5.02. The average Bonchev–Trinajstić information content (AvgIpc) is 2.49. The van der Waals surface area contributed by atoms with E-state index in [2.05, 4.69) is 10.6 Å². The van der Waals surface area contributed by atoms with Crippen molar-refractivity contribution in [2.75, 3.05) is 5.32 Å². The summed E-state index contributed by atoms with van der Waals surface area (Å²) in [6, 6.07) is 16.1. The van der Waals surface area contributed by atoms with E-state index in [0.717, 1.165) is 5.75 Å². The minimum Gasteiger partial charge on any atom is -0.457 e. The van der Waals surface area contributed by atoms with Crippen LogP contribution in [-0.4, -0.2) is 17.9 Å². The maximum absolute atomic E-state index is 11.7. The molecule has 2 aromatic rings. The molecule has 0 fully saturated rings. The lowest BCUT2D eigenvalue weighted by atomic mass is 10.3. The molecule has 2 rings (SSSR count). The Bertz CT molecular complexity index is 637. The molecule has 0 saturated carbocycles. The molecule has 5 heteroatoms. The van der Waals surface area contributed by atoms with Gasteiger partial charge in [-0.3, -0.25) is 9.59 Å². The van der Waals surface area contributed by atoms with E-state index in [1.54, 1.807) is 38.1 Å². The second kappa shape index (κ2) is 7.26. The number of ether oxygens (including phenoxy) is 1. The fourth-order valence-corrected chi connectivity index (χ4v) is 1.75. The van der Waals surface area contributed by atoms with Gasteiger partial charge < -0.3 is 15.4 Å². The zero-order valence-corrected chi connectivity index (χ0v) is 12.5. The Labute approximate surface area is 129 Å². The highest BCUT2D eigenvalue weighted by Gasteiger charge is 2.14. The molecule has 0 atom stereocenters. The maximum Gasteiger partial charge on any atom is 0.313 e. The topological polar surface area (TPSA) is 67.4 Å². The molecule has 2 N–H and O–H groups in total. The summed E-state index contributed by atoms with van der Waals surface area (Å²) in [5, 5.41) is 5.06. The van der Waals surface area contributed by atoms with Crippen molar-refractivity contribution in [3.63, 3.8) is 0 Å². The molecule has 0 spiro atoms. The number of anilines is 1. The molecule has 2 aromatic carbocycles. The first-order chi connectivity index (χ1) is 10.5. The lowest BCUT2D eigenvalue weighted by Crippen LogP contribution is -2.39. The summed E-state index contributed by atoms with van der Waals surface area (Å²) in [7, 11) is 0. The molecular weight excluding hydrogens is 280 g/mol. The van der Waals surface area contributed by atoms with Gasteiger partial charge in [0, 0.05) is 11.7 Å². The molecule has 114 valence electrons. The Balaban J connectivity index is 1.94. The van der Waals surface area contributed by atoms with Crippen molar-refractivity contribution in [2.45, 2.75) is 19.9 Å². The van der Waals surface area contributed by atoms with E-state index in [0.29, 0.717) is 11.4 Å². The lowest BCUT2D eigenvalue weighted by molar-refractivity contribution is -0.136. The van der Waals surface area contributed by atoms with Crippen LogP contribution in [0.1, 0.15) is 13.8 Å². The van der Waals surface area contributed by atoms with E-state index >= 15 is 0 Å². The minimum atomic E-state index is -0.689. The van der Waals surface area contributed by atoms with Gasteiger partial charge in [0.15, 0.2) is 0 Å². The van der Waals surface area contributed by atoms with Crippen molar-refractivity contribution >= 4 is 17.5 Å². The normalized spacial score (nSPS) is 10.1. The number of hydrogen-bond acceptors (Lipinski definition) is 3. The molecule has 2 amide bonds. The number of hydrogen-bond donors (Lipinski definition) is 2. The van der Waals surface area contributed by atoms with Gasteiger partial charge >= 0.3 is 11.8 Å². The van der Waals surface area contributed by atoms with Crippen LogP contribution in [0.2, 0.25) is 0 Å². The van der Waals surface area contributed by atoms with Crippen LogP contribution in [0.15, 0.2) is 54.6 Å². The summed E-state index contributed by atoms with van der Waals surface area (Å²) < 4.78 is 5.65. The highest BCUT2D eigenvalue weighted by molar-refractivity contribution is 6.39. The summed E-state index contributed by atoms with van der Waals surface area (Å²) in [5.41, 5.74) is 0.532. The van der Waals surface area contributed by atoms with Crippen molar-refractivity contribution in [2.24, 2.45) is 0 Å². The largest absolute Gasteiger partial charge is 0.457 e. The molecule has 0 aromatic heterocycles. The first-order valence-electron chi connectivity index (χ1n) is 6.99. The molecule has 0 heterocycles. The molecule has 0 saturated heterocycles. The Kier molecular flexibility index (Phi) is 5.14. The van der Waals surface area contributed by atoms with Crippen LogP contribution in [0.25, 0.3) is 0 Å². The Morgan fingerprint density at radius 3 is 2.05 bits per heavy atom. The Hall–Kier alpha value is -2.82. The van der Waals surface area contributed by atoms with Gasteiger partial charge in [0.25, 0.3) is 0 Å². The van der Waals surface area contributed by atoms with Crippen molar-refractivity contribution < 1.29 is 14.3 Å². The van der Waals surface area contributed by atoms with Gasteiger partial charge in [0.05, 0.1) is 0 Å². The first kappa shape index (κ1) is 15.6. The van der Waals surface area contributed by atoms with Gasteiger partial charge in [0.2, 0.25) is 0 Å². The zero-order chi connectivity index (χ0) is 15.9. The van der Waals surface area contributed by atoms with Crippen molar-refractivity contribution in [1.29, 1.82) is 0 Å².